The van der Waals surface area contributed by atoms with Crippen molar-refractivity contribution in [3.8, 4) is 0 Å². The number of carbonyl (C=O) groups is 3. The molecule has 0 amide bonds. The predicted molar refractivity (Wildman–Crippen MR) is 252 cm³/mol. The molecule has 350 valence electrons. The summed E-state index contributed by atoms with van der Waals surface area (Å²) in [6.07, 6.45) is 49.6. The third kappa shape index (κ3) is 47.3. The fraction of sp³-hybridized carbons (Fsp3) is 0.943. The number of carbonyl (C=O) groups excluding carboxylic acids is 3. The maximum atomic E-state index is 12.8. The van der Waals surface area contributed by atoms with Crippen molar-refractivity contribution in [2.24, 2.45) is 5.92 Å². The SMILES string of the molecule is CCCCCCCCCCCCCCCCCCCCC(=O)OC[C@H](COC(=O)CCCCCCCCCC(C)C)OC(=O)CCCCCCCCCCCCCCC. The molecule has 0 fully saturated rings. The first kappa shape index (κ1) is 57.4. The number of unbranched alkanes of at least 4 members (excludes halogenated alkanes) is 35. The van der Waals surface area contributed by atoms with Crippen molar-refractivity contribution in [2.45, 2.75) is 303 Å². The molecule has 0 aromatic rings. The highest BCUT2D eigenvalue weighted by molar-refractivity contribution is 5.71. The van der Waals surface area contributed by atoms with Gasteiger partial charge in [0.25, 0.3) is 0 Å². The zero-order chi connectivity index (χ0) is 43.1. The Kier molecular flexibility index (Phi) is 46.2. The van der Waals surface area contributed by atoms with Crippen LogP contribution in [0.5, 0.6) is 0 Å². The van der Waals surface area contributed by atoms with Crippen LogP contribution in [-0.2, 0) is 28.6 Å². The van der Waals surface area contributed by atoms with Crippen molar-refractivity contribution in [3.05, 3.63) is 0 Å². The molecule has 0 bridgehead atoms. The molecule has 6 nitrogen and oxygen atoms in total. The highest BCUT2D eigenvalue weighted by atomic mass is 16.6. The first-order chi connectivity index (χ1) is 28.9. The van der Waals surface area contributed by atoms with Gasteiger partial charge in [0, 0.05) is 19.3 Å². The monoisotopic (exact) mass is 835 g/mol. The van der Waals surface area contributed by atoms with E-state index in [9.17, 15) is 14.4 Å². The summed E-state index contributed by atoms with van der Waals surface area (Å²) in [7, 11) is 0. The molecule has 0 radical (unpaired) electrons. The Morgan fingerprint density at radius 2 is 0.559 bits per heavy atom. The molecule has 0 aliphatic rings. The molecule has 0 aromatic heterocycles. The van der Waals surface area contributed by atoms with Gasteiger partial charge in [0.05, 0.1) is 0 Å². The van der Waals surface area contributed by atoms with Gasteiger partial charge in [-0.3, -0.25) is 14.4 Å². The summed E-state index contributed by atoms with van der Waals surface area (Å²) < 4.78 is 16.8. The summed E-state index contributed by atoms with van der Waals surface area (Å²) in [6, 6.07) is 0. The molecule has 0 spiro atoms. The zero-order valence-corrected chi connectivity index (χ0v) is 40.2. The highest BCUT2D eigenvalue weighted by Gasteiger charge is 2.19. The van der Waals surface area contributed by atoms with Gasteiger partial charge < -0.3 is 14.2 Å². The Morgan fingerprint density at radius 1 is 0.322 bits per heavy atom. The predicted octanol–water partition coefficient (Wildman–Crippen LogP) is 17.1. The van der Waals surface area contributed by atoms with Crippen LogP contribution in [0, 0.1) is 5.92 Å². The van der Waals surface area contributed by atoms with Crippen LogP contribution in [-0.4, -0.2) is 37.2 Å². The van der Waals surface area contributed by atoms with Crippen LogP contribution in [0.1, 0.15) is 297 Å². The summed E-state index contributed by atoms with van der Waals surface area (Å²) in [6.45, 7) is 8.98. The quantitative estimate of drug-likeness (QED) is 0.0345. The third-order valence-corrected chi connectivity index (χ3v) is 12.0. The van der Waals surface area contributed by atoms with E-state index >= 15 is 0 Å². The number of rotatable bonds is 48. The molecule has 0 saturated carbocycles. The molecule has 0 aliphatic carbocycles. The van der Waals surface area contributed by atoms with Crippen molar-refractivity contribution in [1.29, 1.82) is 0 Å². The molecular weight excluding hydrogens is 733 g/mol. The molecule has 0 unspecified atom stereocenters. The van der Waals surface area contributed by atoms with Gasteiger partial charge in [0.1, 0.15) is 13.2 Å². The Labute approximate surface area is 368 Å². The van der Waals surface area contributed by atoms with Crippen LogP contribution in [0.3, 0.4) is 0 Å². The summed E-state index contributed by atoms with van der Waals surface area (Å²) in [5.74, 6) is -0.0650. The van der Waals surface area contributed by atoms with Crippen molar-refractivity contribution in [3.63, 3.8) is 0 Å². The molecule has 0 rings (SSSR count). The van der Waals surface area contributed by atoms with Gasteiger partial charge >= 0.3 is 17.9 Å². The van der Waals surface area contributed by atoms with Gasteiger partial charge in [-0.25, -0.2) is 0 Å². The van der Waals surface area contributed by atoms with Gasteiger partial charge in [-0.2, -0.15) is 0 Å². The number of hydrogen-bond acceptors (Lipinski definition) is 6. The standard InChI is InChI=1S/C53H102O6/c1-5-7-9-11-13-15-17-19-20-21-22-23-25-26-28-32-36-40-44-51(54)57-47-50(48-58-52(55)45-41-37-34-30-31-35-39-43-49(3)4)59-53(56)46-42-38-33-29-27-24-18-16-14-12-10-8-6-2/h49-50H,5-48H2,1-4H3/t50-/m1/s1. The lowest BCUT2D eigenvalue weighted by atomic mass is 10.0. The number of ether oxygens (including phenoxy) is 3. The first-order valence-electron chi connectivity index (χ1n) is 26.4. The van der Waals surface area contributed by atoms with E-state index in [2.05, 4.69) is 27.7 Å². The minimum Gasteiger partial charge on any atom is -0.462 e. The van der Waals surface area contributed by atoms with E-state index in [1.54, 1.807) is 0 Å². The third-order valence-electron chi connectivity index (χ3n) is 12.0. The lowest BCUT2D eigenvalue weighted by Gasteiger charge is -2.18. The Morgan fingerprint density at radius 3 is 0.831 bits per heavy atom. The van der Waals surface area contributed by atoms with E-state index in [0.717, 1.165) is 63.7 Å². The second-order valence-electron chi connectivity index (χ2n) is 18.6. The van der Waals surface area contributed by atoms with Crippen LogP contribution in [0.25, 0.3) is 0 Å². The maximum absolute atomic E-state index is 12.8. The number of esters is 3. The fourth-order valence-corrected chi connectivity index (χ4v) is 8.04. The summed E-state index contributed by atoms with van der Waals surface area (Å²) in [5.41, 5.74) is 0. The van der Waals surface area contributed by atoms with Gasteiger partial charge in [0.2, 0.25) is 0 Å². The minimum absolute atomic E-state index is 0.0632. The minimum atomic E-state index is -0.761. The fourth-order valence-electron chi connectivity index (χ4n) is 8.04. The van der Waals surface area contributed by atoms with E-state index in [0.29, 0.717) is 19.3 Å². The topological polar surface area (TPSA) is 78.9 Å². The second kappa shape index (κ2) is 47.5. The van der Waals surface area contributed by atoms with Crippen LogP contribution in [0.2, 0.25) is 0 Å². The van der Waals surface area contributed by atoms with Crippen LogP contribution < -0.4 is 0 Å². The summed E-state index contributed by atoms with van der Waals surface area (Å²) in [5, 5.41) is 0. The van der Waals surface area contributed by atoms with E-state index in [-0.39, 0.29) is 31.1 Å². The maximum Gasteiger partial charge on any atom is 0.306 e. The molecular formula is C53H102O6. The molecule has 1 atom stereocenters. The van der Waals surface area contributed by atoms with E-state index in [1.165, 1.54) is 193 Å². The Balaban J connectivity index is 4.25. The van der Waals surface area contributed by atoms with Crippen LogP contribution >= 0.6 is 0 Å². The first-order valence-corrected chi connectivity index (χ1v) is 26.4. The lowest BCUT2D eigenvalue weighted by Crippen LogP contribution is -2.30. The molecule has 0 aliphatic heterocycles. The molecule has 59 heavy (non-hydrogen) atoms. The Hall–Kier alpha value is -1.59. The Bertz CT molecular complexity index is 887. The molecule has 0 heterocycles. The van der Waals surface area contributed by atoms with Crippen molar-refractivity contribution < 1.29 is 28.6 Å². The lowest BCUT2D eigenvalue weighted by molar-refractivity contribution is -0.167. The van der Waals surface area contributed by atoms with Crippen molar-refractivity contribution >= 4 is 17.9 Å². The largest absolute Gasteiger partial charge is 0.462 e. The zero-order valence-electron chi connectivity index (χ0n) is 40.2. The molecule has 6 heteroatoms. The molecule has 0 N–H and O–H groups in total. The average Bonchev–Trinajstić information content (AvgIpc) is 3.22. The smallest absolute Gasteiger partial charge is 0.306 e. The number of hydrogen-bond donors (Lipinski definition) is 0. The average molecular weight is 835 g/mol. The van der Waals surface area contributed by atoms with Crippen molar-refractivity contribution in [2.75, 3.05) is 13.2 Å². The van der Waals surface area contributed by atoms with E-state index in [4.69, 9.17) is 14.2 Å². The van der Waals surface area contributed by atoms with E-state index < -0.39 is 6.10 Å². The van der Waals surface area contributed by atoms with Crippen molar-refractivity contribution in [1.82, 2.24) is 0 Å². The van der Waals surface area contributed by atoms with Gasteiger partial charge in [0.15, 0.2) is 6.10 Å². The highest BCUT2D eigenvalue weighted by Crippen LogP contribution is 2.17. The normalized spacial score (nSPS) is 11.9. The molecule has 0 saturated heterocycles. The van der Waals surface area contributed by atoms with E-state index in [1.807, 2.05) is 0 Å². The summed E-state index contributed by atoms with van der Waals surface area (Å²) >= 11 is 0. The van der Waals surface area contributed by atoms with Gasteiger partial charge in [-0.1, -0.05) is 259 Å². The van der Waals surface area contributed by atoms with Gasteiger partial charge in [-0.05, 0) is 25.2 Å². The van der Waals surface area contributed by atoms with Crippen LogP contribution in [0.4, 0.5) is 0 Å². The van der Waals surface area contributed by atoms with Crippen LogP contribution in [0.15, 0.2) is 0 Å². The molecule has 0 aromatic carbocycles. The van der Waals surface area contributed by atoms with Gasteiger partial charge in [-0.15, -0.1) is 0 Å². The second-order valence-corrected chi connectivity index (χ2v) is 18.6. The summed E-state index contributed by atoms with van der Waals surface area (Å²) in [4.78, 5) is 37.9.